The van der Waals surface area contributed by atoms with Gasteiger partial charge in [0.2, 0.25) is 0 Å². The summed E-state index contributed by atoms with van der Waals surface area (Å²) in [6, 6.07) is 0. The van der Waals surface area contributed by atoms with Gasteiger partial charge in [-0.05, 0) is 39.8 Å². The van der Waals surface area contributed by atoms with E-state index in [4.69, 9.17) is 9.78 Å². The zero-order chi connectivity index (χ0) is 13.2. The van der Waals surface area contributed by atoms with Crippen LogP contribution in [0.1, 0.15) is 40.5 Å². The van der Waals surface area contributed by atoms with Crippen molar-refractivity contribution in [2.75, 3.05) is 0 Å². The Bertz CT molecular complexity index is 400. The first-order valence-electron chi connectivity index (χ1n) is 6.50. The lowest BCUT2D eigenvalue weighted by molar-refractivity contribution is -0.385. The van der Waals surface area contributed by atoms with Gasteiger partial charge in [-0.3, -0.25) is 0 Å². The van der Waals surface area contributed by atoms with Crippen molar-refractivity contribution in [2.45, 2.75) is 51.7 Å². The third-order valence-corrected chi connectivity index (χ3v) is 3.48. The van der Waals surface area contributed by atoms with Crippen molar-refractivity contribution in [3.8, 4) is 0 Å². The number of rotatable bonds is 3. The van der Waals surface area contributed by atoms with E-state index in [9.17, 15) is 0 Å². The van der Waals surface area contributed by atoms with Crippen LogP contribution in [0, 0.1) is 0 Å². The molecule has 18 heavy (non-hydrogen) atoms. The van der Waals surface area contributed by atoms with Crippen molar-refractivity contribution in [3.05, 3.63) is 47.6 Å². The zero-order valence-corrected chi connectivity index (χ0v) is 11.7. The maximum atomic E-state index is 5.68. The Morgan fingerprint density at radius 3 is 1.50 bits per heavy atom. The molecule has 0 aromatic rings. The third kappa shape index (κ3) is 3.21. The molecule has 0 spiro atoms. The Morgan fingerprint density at radius 2 is 1.22 bits per heavy atom. The molecule has 0 bridgehead atoms. The molecule has 0 N–H and O–H groups in total. The van der Waals surface area contributed by atoms with Gasteiger partial charge < -0.3 is 0 Å². The quantitative estimate of drug-likeness (QED) is 0.547. The summed E-state index contributed by atoms with van der Waals surface area (Å²) in [4.78, 5) is 11.4. The Kier molecular flexibility index (Phi) is 3.60. The molecule has 2 heteroatoms. The van der Waals surface area contributed by atoms with E-state index < -0.39 is 0 Å². The third-order valence-electron chi connectivity index (χ3n) is 3.48. The van der Waals surface area contributed by atoms with Crippen LogP contribution in [0.15, 0.2) is 47.6 Å². The molecule has 0 aromatic carbocycles. The number of allylic oxidation sites excluding steroid dienone is 4. The molecule has 0 fully saturated rings. The van der Waals surface area contributed by atoms with Crippen LogP contribution in [0.4, 0.5) is 0 Å². The van der Waals surface area contributed by atoms with Gasteiger partial charge in [0, 0.05) is 12.8 Å². The highest BCUT2D eigenvalue weighted by Gasteiger charge is 2.30. The van der Waals surface area contributed by atoms with Crippen LogP contribution in [0.2, 0.25) is 0 Å². The molecule has 2 rings (SSSR count). The molecule has 0 aromatic heterocycles. The second kappa shape index (κ2) is 4.87. The van der Waals surface area contributed by atoms with Gasteiger partial charge in [0.25, 0.3) is 0 Å². The van der Waals surface area contributed by atoms with Crippen LogP contribution in [-0.2, 0) is 9.78 Å². The van der Waals surface area contributed by atoms with Crippen molar-refractivity contribution in [2.24, 2.45) is 0 Å². The Hall–Kier alpha value is -1.12. The van der Waals surface area contributed by atoms with Gasteiger partial charge in [0.15, 0.2) is 0 Å². The van der Waals surface area contributed by atoms with E-state index in [1.165, 1.54) is 11.1 Å². The molecular weight excluding hydrogens is 224 g/mol. The van der Waals surface area contributed by atoms with Gasteiger partial charge in [-0.2, -0.15) is 0 Å². The maximum Gasteiger partial charge on any atom is 0.123 e. The van der Waals surface area contributed by atoms with Gasteiger partial charge in [-0.25, -0.2) is 9.78 Å². The fourth-order valence-corrected chi connectivity index (χ4v) is 1.93. The summed E-state index contributed by atoms with van der Waals surface area (Å²) in [5, 5.41) is 0. The summed E-state index contributed by atoms with van der Waals surface area (Å²) < 4.78 is 0. The first-order chi connectivity index (χ1) is 8.41. The van der Waals surface area contributed by atoms with Crippen molar-refractivity contribution >= 4 is 0 Å². The minimum Gasteiger partial charge on any atom is -0.225 e. The fourth-order valence-electron chi connectivity index (χ4n) is 1.93. The Labute approximate surface area is 110 Å². The first-order valence-corrected chi connectivity index (χ1v) is 6.50. The summed E-state index contributed by atoms with van der Waals surface area (Å²) in [5.74, 6) is 0. The van der Waals surface area contributed by atoms with Crippen LogP contribution in [0.25, 0.3) is 0 Å². The van der Waals surface area contributed by atoms with E-state index in [1.807, 2.05) is 13.8 Å². The van der Waals surface area contributed by atoms with Crippen LogP contribution < -0.4 is 0 Å². The van der Waals surface area contributed by atoms with Gasteiger partial charge in [-0.1, -0.05) is 35.5 Å². The Balaban J connectivity index is 1.93. The molecule has 0 saturated carbocycles. The van der Waals surface area contributed by atoms with Crippen LogP contribution in [0.3, 0.4) is 0 Å². The second-order valence-corrected chi connectivity index (χ2v) is 5.76. The Morgan fingerprint density at radius 1 is 0.833 bits per heavy atom. The van der Waals surface area contributed by atoms with Gasteiger partial charge >= 0.3 is 0 Å². The standard InChI is InChI=1S/C16H22O2/c1-13-5-9-15(3,10-6-13)17-18-16(4)11-7-14(2)8-12-16/h5-9,11H,10,12H2,1-4H3. The maximum absolute atomic E-state index is 5.68. The van der Waals surface area contributed by atoms with E-state index in [0.717, 1.165) is 12.8 Å². The van der Waals surface area contributed by atoms with Crippen molar-refractivity contribution in [1.29, 1.82) is 0 Å². The van der Waals surface area contributed by atoms with Gasteiger partial charge in [0.05, 0.1) is 0 Å². The normalized spacial score (nSPS) is 35.3. The first kappa shape index (κ1) is 13.3. The lowest BCUT2D eigenvalue weighted by atomic mass is 9.94. The van der Waals surface area contributed by atoms with Crippen molar-refractivity contribution in [1.82, 2.24) is 0 Å². The minimum absolute atomic E-state index is 0.355. The monoisotopic (exact) mass is 246 g/mol. The lowest BCUT2D eigenvalue weighted by Gasteiger charge is -2.33. The van der Waals surface area contributed by atoms with Crippen molar-refractivity contribution in [3.63, 3.8) is 0 Å². The largest absolute Gasteiger partial charge is 0.225 e. The second-order valence-electron chi connectivity index (χ2n) is 5.76. The molecule has 2 unspecified atom stereocenters. The molecule has 2 aliphatic rings. The molecule has 0 amide bonds. The predicted molar refractivity (Wildman–Crippen MR) is 74.0 cm³/mol. The van der Waals surface area contributed by atoms with Crippen molar-refractivity contribution < 1.29 is 9.78 Å². The molecule has 2 nitrogen and oxygen atoms in total. The highest BCUT2D eigenvalue weighted by Crippen LogP contribution is 2.30. The highest BCUT2D eigenvalue weighted by atomic mass is 17.2. The molecule has 98 valence electrons. The predicted octanol–water partition coefficient (Wildman–Crippen LogP) is 4.26. The van der Waals surface area contributed by atoms with E-state index in [0.29, 0.717) is 0 Å². The van der Waals surface area contributed by atoms with Crippen LogP contribution >= 0.6 is 0 Å². The summed E-state index contributed by atoms with van der Waals surface area (Å²) in [7, 11) is 0. The average Bonchev–Trinajstić information content (AvgIpc) is 2.36. The molecule has 0 radical (unpaired) electrons. The average molecular weight is 246 g/mol. The lowest BCUT2D eigenvalue weighted by Crippen LogP contribution is -2.35. The zero-order valence-electron chi connectivity index (χ0n) is 11.7. The molecule has 0 saturated heterocycles. The van der Waals surface area contributed by atoms with Crippen LogP contribution in [-0.4, -0.2) is 11.2 Å². The summed E-state index contributed by atoms with van der Waals surface area (Å²) >= 11 is 0. The smallest absolute Gasteiger partial charge is 0.123 e. The highest BCUT2D eigenvalue weighted by molar-refractivity contribution is 5.26. The molecule has 2 atom stereocenters. The number of hydrogen-bond donors (Lipinski definition) is 0. The van der Waals surface area contributed by atoms with Crippen LogP contribution in [0.5, 0.6) is 0 Å². The molecule has 0 heterocycles. The molecule has 2 aliphatic carbocycles. The summed E-state index contributed by atoms with van der Waals surface area (Å²) in [5.41, 5.74) is 1.84. The van der Waals surface area contributed by atoms with E-state index >= 15 is 0 Å². The van der Waals surface area contributed by atoms with Gasteiger partial charge in [0.1, 0.15) is 11.2 Å². The molecular formula is C16H22O2. The summed E-state index contributed by atoms with van der Waals surface area (Å²) in [6.45, 7) is 8.28. The van der Waals surface area contributed by atoms with E-state index in [-0.39, 0.29) is 11.2 Å². The van der Waals surface area contributed by atoms with E-state index in [2.05, 4.69) is 50.3 Å². The van der Waals surface area contributed by atoms with Gasteiger partial charge in [-0.15, -0.1) is 0 Å². The fraction of sp³-hybridized carbons (Fsp3) is 0.500. The topological polar surface area (TPSA) is 18.5 Å². The van der Waals surface area contributed by atoms with E-state index in [1.54, 1.807) is 0 Å². The molecule has 0 aliphatic heterocycles. The minimum atomic E-state index is -0.355. The SMILES string of the molecule is CC1=CCC(C)(OOC2(C)C=CC(C)=CC2)C=C1. The number of hydrogen-bond acceptors (Lipinski definition) is 2. The summed E-state index contributed by atoms with van der Waals surface area (Å²) in [6.07, 6.45) is 14.3.